The lowest BCUT2D eigenvalue weighted by molar-refractivity contribution is -0.137. The number of hydrogen-bond acceptors (Lipinski definition) is 4. The van der Waals surface area contributed by atoms with Gasteiger partial charge in [-0.2, -0.15) is 0 Å². The van der Waals surface area contributed by atoms with E-state index in [1.807, 2.05) is 52.0 Å². The van der Waals surface area contributed by atoms with Crippen LogP contribution in [0.3, 0.4) is 0 Å². The molecule has 0 fully saturated rings. The summed E-state index contributed by atoms with van der Waals surface area (Å²) in [5, 5.41) is 11.6. The number of fused-ring (bicyclic) bond motifs is 3. The lowest BCUT2D eigenvalue weighted by Crippen LogP contribution is -2.55. The molecule has 1 unspecified atom stereocenters. The molecule has 3 rings (SSSR count). The van der Waals surface area contributed by atoms with Gasteiger partial charge in [-0.3, -0.25) is 9.59 Å². The van der Waals surface area contributed by atoms with Gasteiger partial charge in [-0.15, -0.1) is 0 Å². The Balaban J connectivity index is 1.65. The van der Waals surface area contributed by atoms with Gasteiger partial charge >= 0.3 is 12.1 Å². The Bertz CT molecular complexity index is 1010. The highest BCUT2D eigenvalue weighted by Gasteiger charge is 2.36. The second kappa shape index (κ2) is 11.4. The maximum atomic E-state index is 13.3. The van der Waals surface area contributed by atoms with E-state index in [0.29, 0.717) is 25.9 Å². The molecular formula is C28H36N2O5. The summed E-state index contributed by atoms with van der Waals surface area (Å²) < 4.78 is 5.67. The van der Waals surface area contributed by atoms with Crippen LogP contribution in [0.15, 0.2) is 48.5 Å². The first kappa shape index (κ1) is 26.3. The quantitative estimate of drug-likeness (QED) is 0.464. The maximum Gasteiger partial charge on any atom is 0.407 e. The molecule has 7 nitrogen and oxygen atoms in total. The lowest BCUT2D eigenvalue weighted by atomic mass is 9.85. The van der Waals surface area contributed by atoms with Gasteiger partial charge in [0, 0.05) is 25.4 Å². The molecule has 0 bridgehead atoms. The largest absolute Gasteiger partial charge is 0.481 e. The van der Waals surface area contributed by atoms with E-state index in [1.54, 1.807) is 4.90 Å². The minimum atomic E-state index is -0.844. The van der Waals surface area contributed by atoms with E-state index in [2.05, 4.69) is 29.6 Å². The monoisotopic (exact) mass is 480 g/mol. The van der Waals surface area contributed by atoms with Gasteiger partial charge in [-0.05, 0) is 47.4 Å². The Labute approximate surface area is 207 Å². The van der Waals surface area contributed by atoms with Crippen LogP contribution in [0.1, 0.15) is 64.0 Å². The number of amides is 2. The van der Waals surface area contributed by atoms with Crippen molar-refractivity contribution < 1.29 is 24.2 Å². The molecule has 2 aromatic rings. The second-order valence-corrected chi connectivity index (χ2v) is 10.0. The molecule has 7 heteroatoms. The van der Waals surface area contributed by atoms with Gasteiger partial charge in [0.1, 0.15) is 12.6 Å². The van der Waals surface area contributed by atoms with Crippen molar-refractivity contribution in [3.05, 3.63) is 59.7 Å². The highest BCUT2D eigenvalue weighted by atomic mass is 16.5. The van der Waals surface area contributed by atoms with Crippen molar-refractivity contribution in [3.8, 4) is 11.1 Å². The van der Waals surface area contributed by atoms with Gasteiger partial charge in [0.25, 0.3) is 0 Å². The lowest BCUT2D eigenvalue weighted by Gasteiger charge is -2.34. The van der Waals surface area contributed by atoms with E-state index in [-0.39, 0.29) is 24.9 Å². The van der Waals surface area contributed by atoms with E-state index in [4.69, 9.17) is 9.84 Å². The summed E-state index contributed by atoms with van der Waals surface area (Å²) in [4.78, 5) is 38.6. The molecular weight excluding hydrogens is 444 g/mol. The number of likely N-dealkylation sites (N-methyl/N-ethyl adjacent to an activating group) is 1. The fourth-order valence-corrected chi connectivity index (χ4v) is 4.59. The van der Waals surface area contributed by atoms with Crippen molar-refractivity contribution >= 4 is 18.0 Å². The zero-order valence-electron chi connectivity index (χ0n) is 21.0. The van der Waals surface area contributed by atoms with Crippen molar-refractivity contribution in [2.75, 3.05) is 19.7 Å². The van der Waals surface area contributed by atoms with Gasteiger partial charge in [-0.25, -0.2) is 4.79 Å². The Morgan fingerprint density at radius 1 is 1.00 bits per heavy atom. The van der Waals surface area contributed by atoms with Crippen LogP contribution in [0.5, 0.6) is 0 Å². The number of aliphatic carboxylic acids is 1. The number of carboxylic acids is 1. The van der Waals surface area contributed by atoms with Crippen LogP contribution in [-0.2, 0) is 14.3 Å². The number of carboxylic acid groups (broad SMARTS) is 1. The van der Waals surface area contributed by atoms with Gasteiger partial charge in [0.2, 0.25) is 5.91 Å². The van der Waals surface area contributed by atoms with Crippen LogP contribution >= 0.6 is 0 Å². The van der Waals surface area contributed by atoms with Crippen molar-refractivity contribution in [1.29, 1.82) is 0 Å². The number of hydrogen-bond donors (Lipinski definition) is 2. The summed E-state index contributed by atoms with van der Waals surface area (Å²) in [6.07, 6.45) is 0.543. The summed E-state index contributed by atoms with van der Waals surface area (Å²) >= 11 is 0. The molecule has 1 aliphatic rings. The van der Waals surface area contributed by atoms with E-state index in [0.717, 1.165) is 22.3 Å². The van der Waals surface area contributed by atoms with Crippen molar-refractivity contribution in [1.82, 2.24) is 10.2 Å². The number of benzene rings is 2. The van der Waals surface area contributed by atoms with Crippen LogP contribution in [0.2, 0.25) is 0 Å². The number of nitrogens with one attached hydrogen (secondary N) is 1. The van der Waals surface area contributed by atoms with Crippen molar-refractivity contribution in [2.45, 2.75) is 58.9 Å². The molecule has 35 heavy (non-hydrogen) atoms. The van der Waals surface area contributed by atoms with Crippen molar-refractivity contribution in [3.63, 3.8) is 0 Å². The highest BCUT2D eigenvalue weighted by Crippen LogP contribution is 2.44. The second-order valence-electron chi connectivity index (χ2n) is 10.0. The molecule has 0 aromatic heterocycles. The fourth-order valence-electron chi connectivity index (χ4n) is 4.59. The summed E-state index contributed by atoms with van der Waals surface area (Å²) in [6, 6.07) is 15.5. The predicted octanol–water partition coefficient (Wildman–Crippen LogP) is 5.04. The Kier molecular flexibility index (Phi) is 8.54. The predicted molar refractivity (Wildman–Crippen MR) is 135 cm³/mol. The molecule has 0 saturated heterocycles. The number of ether oxygens (including phenoxy) is 1. The van der Waals surface area contributed by atoms with Crippen molar-refractivity contribution in [2.24, 2.45) is 5.41 Å². The molecule has 2 N–H and O–H groups in total. The number of rotatable bonds is 10. The smallest absolute Gasteiger partial charge is 0.407 e. The van der Waals surface area contributed by atoms with Gasteiger partial charge in [0.05, 0.1) is 0 Å². The normalized spacial score (nSPS) is 13.5. The zero-order valence-corrected chi connectivity index (χ0v) is 21.0. The van der Waals surface area contributed by atoms with E-state index < -0.39 is 23.5 Å². The van der Waals surface area contributed by atoms with E-state index in [9.17, 15) is 14.4 Å². The number of carbonyl (C=O) groups excluding carboxylic acids is 2. The average Bonchev–Trinajstić information content (AvgIpc) is 3.14. The number of nitrogens with zero attached hydrogens (tertiary/aromatic N) is 1. The number of carbonyl (C=O) groups is 3. The topological polar surface area (TPSA) is 95.9 Å². The zero-order chi connectivity index (χ0) is 25.6. The minimum Gasteiger partial charge on any atom is -0.481 e. The molecule has 0 heterocycles. The van der Waals surface area contributed by atoms with Crippen LogP contribution in [0.4, 0.5) is 4.79 Å². The van der Waals surface area contributed by atoms with E-state index >= 15 is 0 Å². The third-order valence-electron chi connectivity index (χ3n) is 6.48. The summed E-state index contributed by atoms with van der Waals surface area (Å²) in [7, 11) is 0. The summed E-state index contributed by atoms with van der Waals surface area (Å²) in [6.45, 7) is 8.68. The fraction of sp³-hybridized carbons (Fsp3) is 0.464. The first-order valence-corrected chi connectivity index (χ1v) is 12.3. The molecule has 0 spiro atoms. The Morgan fingerprint density at radius 2 is 1.57 bits per heavy atom. The standard InChI is InChI=1S/C28H36N2O5/c1-5-30(17-11-10-16-24(31)32)26(33)25(28(2,3)4)29-27(34)35-18-23-21-14-8-6-12-19(21)20-13-7-9-15-22(20)23/h6-9,12-15,23,25H,5,10-11,16-18H2,1-4H3,(H,29,34)(H,31,32). The first-order chi connectivity index (χ1) is 16.6. The Morgan fingerprint density at radius 3 is 2.09 bits per heavy atom. The van der Waals surface area contributed by atoms with Crippen LogP contribution in [-0.4, -0.2) is 53.7 Å². The molecule has 2 amide bonds. The molecule has 0 saturated carbocycles. The highest BCUT2D eigenvalue weighted by molar-refractivity contribution is 5.86. The van der Waals surface area contributed by atoms with Crippen LogP contribution in [0, 0.1) is 5.41 Å². The van der Waals surface area contributed by atoms with Gasteiger partial charge in [-0.1, -0.05) is 69.3 Å². The SMILES string of the molecule is CCN(CCCCC(=O)O)C(=O)C(NC(=O)OCC1c2ccccc2-c2ccccc21)C(C)(C)C. The first-order valence-electron chi connectivity index (χ1n) is 12.3. The van der Waals surface area contributed by atoms with Gasteiger partial charge in [0.15, 0.2) is 0 Å². The number of alkyl carbamates (subject to hydrolysis) is 1. The Hall–Kier alpha value is -3.35. The molecule has 0 aliphatic heterocycles. The maximum absolute atomic E-state index is 13.3. The summed E-state index contributed by atoms with van der Waals surface area (Å²) in [5.74, 6) is -1.09. The van der Waals surface area contributed by atoms with Crippen LogP contribution < -0.4 is 5.32 Å². The third-order valence-corrected chi connectivity index (χ3v) is 6.48. The molecule has 1 atom stereocenters. The molecule has 0 radical (unpaired) electrons. The third kappa shape index (κ3) is 6.41. The average molecular weight is 481 g/mol. The molecule has 188 valence electrons. The molecule has 1 aliphatic carbocycles. The van der Waals surface area contributed by atoms with Gasteiger partial charge < -0.3 is 20.1 Å². The summed E-state index contributed by atoms with van der Waals surface area (Å²) in [5.41, 5.74) is 4.03. The van der Waals surface area contributed by atoms with Crippen LogP contribution in [0.25, 0.3) is 11.1 Å². The van der Waals surface area contributed by atoms with E-state index in [1.165, 1.54) is 0 Å². The number of unbranched alkanes of at least 4 members (excludes halogenated alkanes) is 1. The molecule has 2 aromatic carbocycles. The minimum absolute atomic E-state index is 0.0571.